The van der Waals surface area contributed by atoms with E-state index >= 15 is 0 Å². The fraction of sp³-hybridized carbons (Fsp3) is 0.273. The van der Waals surface area contributed by atoms with Gasteiger partial charge < -0.3 is 14.6 Å². The summed E-state index contributed by atoms with van der Waals surface area (Å²) in [4.78, 5) is 18.5. The molecule has 1 amide bonds. The molecular weight excluding hydrogens is 357 g/mol. The van der Waals surface area contributed by atoms with Crippen molar-refractivity contribution < 1.29 is 13.6 Å². The number of hydrogen-bond acceptors (Lipinski definition) is 4. The molecule has 0 fully saturated rings. The third-order valence-corrected chi connectivity index (χ3v) is 4.33. The van der Waals surface area contributed by atoms with Crippen LogP contribution in [0.15, 0.2) is 59.1 Å². The van der Waals surface area contributed by atoms with Crippen LogP contribution in [0.3, 0.4) is 0 Å². The summed E-state index contributed by atoms with van der Waals surface area (Å²) in [5, 5.41) is 2.96. The highest BCUT2D eigenvalue weighted by molar-refractivity contribution is 5.76. The molecule has 28 heavy (non-hydrogen) atoms. The molecule has 1 N–H and O–H groups in total. The lowest BCUT2D eigenvalue weighted by Gasteiger charge is -2.14. The van der Waals surface area contributed by atoms with Gasteiger partial charge in [-0.15, -0.1) is 0 Å². The molecule has 1 heterocycles. The van der Waals surface area contributed by atoms with E-state index < -0.39 is 0 Å². The van der Waals surface area contributed by atoms with Crippen LogP contribution in [-0.2, 0) is 24.3 Å². The highest BCUT2D eigenvalue weighted by Gasteiger charge is 2.10. The summed E-state index contributed by atoms with van der Waals surface area (Å²) in [5.41, 5.74) is 3.06. The summed E-state index contributed by atoms with van der Waals surface area (Å²) >= 11 is 0. The molecule has 0 unspecified atom stereocenters. The van der Waals surface area contributed by atoms with Gasteiger partial charge in [0.1, 0.15) is 5.82 Å². The first-order valence-corrected chi connectivity index (χ1v) is 9.20. The van der Waals surface area contributed by atoms with E-state index in [1.807, 2.05) is 32.3 Å². The van der Waals surface area contributed by atoms with Gasteiger partial charge in [-0.2, -0.15) is 0 Å². The Hall–Kier alpha value is -2.99. The Morgan fingerprint density at radius 2 is 1.82 bits per heavy atom. The number of oxazole rings is 1. The van der Waals surface area contributed by atoms with Gasteiger partial charge in [-0.25, -0.2) is 9.37 Å². The third kappa shape index (κ3) is 5.50. The van der Waals surface area contributed by atoms with E-state index in [1.54, 1.807) is 18.3 Å². The number of benzene rings is 2. The summed E-state index contributed by atoms with van der Waals surface area (Å²) in [6, 6.07) is 14.1. The van der Waals surface area contributed by atoms with Crippen molar-refractivity contribution in [1.82, 2.24) is 15.2 Å². The van der Waals surface area contributed by atoms with Crippen molar-refractivity contribution in [3.8, 4) is 11.3 Å². The summed E-state index contributed by atoms with van der Waals surface area (Å²) in [5.74, 6) is 0.698. The van der Waals surface area contributed by atoms with E-state index in [0.29, 0.717) is 31.0 Å². The molecule has 0 saturated carbocycles. The zero-order valence-electron chi connectivity index (χ0n) is 16.1. The van der Waals surface area contributed by atoms with E-state index in [1.165, 1.54) is 17.7 Å². The molecule has 5 nitrogen and oxygen atoms in total. The summed E-state index contributed by atoms with van der Waals surface area (Å²) < 4.78 is 18.7. The van der Waals surface area contributed by atoms with Crippen LogP contribution in [-0.4, -0.2) is 29.9 Å². The number of aryl methyl sites for hydroxylation is 1. The Morgan fingerprint density at radius 3 is 2.54 bits per heavy atom. The second kappa shape index (κ2) is 9.28. The van der Waals surface area contributed by atoms with Crippen LogP contribution < -0.4 is 5.32 Å². The quantitative estimate of drug-likeness (QED) is 0.645. The lowest BCUT2D eigenvalue weighted by atomic mass is 10.1. The molecule has 0 aliphatic heterocycles. The van der Waals surface area contributed by atoms with Gasteiger partial charge in [-0.1, -0.05) is 24.3 Å². The summed E-state index contributed by atoms with van der Waals surface area (Å²) in [7, 11) is 4.04. The molecule has 6 heteroatoms. The second-order valence-corrected chi connectivity index (χ2v) is 6.91. The fourth-order valence-corrected chi connectivity index (χ4v) is 2.90. The maximum Gasteiger partial charge on any atom is 0.220 e. The molecule has 0 atom stereocenters. The average Bonchev–Trinajstić information content (AvgIpc) is 3.15. The van der Waals surface area contributed by atoms with Gasteiger partial charge in [-0.3, -0.25) is 4.79 Å². The Morgan fingerprint density at radius 1 is 1.11 bits per heavy atom. The van der Waals surface area contributed by atoms with Gasteiger partial charge in [0.2, 0.25) is 5.91 Å². The normalized spacial score (nSPS) is 11.0. The summed E-state index contributed by atoms with van der Waals surface area (Å²) in [6.07, 6.45) is 2.30. The largest absolute Gasteiger partial charge is 0.441 e. The zero-order valence-corrected chi connectivity index (χ0v) is 16.1. The lowest BCUT2D eigenvalue weighted by molar-refractivity contribution is -0.121. The molecule has 146 valence electrons. The Bertz CT molecular complexity index is 920. The molecule has 0 spiro atoms. The van der Waals surface area contributed by atoms with Crippen LogP contribution in [0.2, 0.25) is 0 Å². The van der Waals surface area contributed by atoms with Crippen molar-refractivity contribution in [1.29, 1.82) is 0 Å². The van der Waals surface area contributed by atoms with Crippen LogP contribution in [0.25, 0.3) is 11.3 Å². The first-order valence-electron chi connectivity index (χ1n) is 9.20. The molecule has 0 radical (unpaired) electrons. The molecular formula is C22H24FN3O2. The number of hydrogen-bond donors (Lipinski definition) is 1. The topological polar surface area (TPSA) is 58.4 Å². The third-order valence-electron chi connectivity index (χ3n) is 4.33. The predicted octanol–water partition coefficient (Wildman–Crippen LogP) is 3.79. The van der Waals surface area contributed by atoms with E-state index in [2.05, 4.69) is 21.3 Å². The number of carbonyl (C=O) groups is 1. The van der Waals surface area contributed by atoms with Crippen molar-refractivity contribution in [2.45, 2.75) is 25.9 Å². The van der Waals surface area contributed by atoms with Gasteiger partial charge in [0.05, 0.1) is 6.20 Å². The number of carbonyl (C=O) groups excluding carboxylic acids is 1. The van der Waals surface area contributed by atoms with Gasteiger partial charge in [-0.05, 0) is 49.5 Å². The number of halogens is 1. The van der Waals surface area contributed by atoms with E-state index in [9.17, 15) is 9.18 Å². The maximum atomic E-state index is 13.0. The standard InChI is InChI=1S/C22H24FN3O2/c1-26(2)15-18-6-4-3-5-17(18)13-24-21(27)11-12-22-25-14-20(28-22)16-7-9-19(23)10-8-16/h3-10,14H,11-13,15H2,1-2H3,(H,24,27). The van der Waals surface area contributed by atoms with Crippen LogP contribution >= 0.6 is 0 Å². The Labute approximate surface area is 164 Å². The second-order valence-electron chi connectivity index (χ2n) is 6.91. The SMILES string of the molecule is CN(C)Cc1ccccc1CNC(=O)CCc1ncc(-c2ccc(F)cc2)o1. The molecule has 0 aliphatic rings. The highest BCUT2D eigenvalue weighted by atomic mass is 19.1. The number of aromatic nitrogens is 1. The van der Waals surface area contributed by atoms with E-state index in [4.69, 9.17) is 4.42 Å². The first-order chi connectivity index (χ1) is 13.5. The van der Waals surface area contributed by atoms with Crippen molar-refractivity contribution in [3.05, 3.63) is 77.6 Å². The monoisotopic (exact) mass is 381 g/mol. The lowest BCUT2D eigenvalue weighted by Crippen LogP contribution is -2.24. The Kier molecular flexibility index (Phi) is 6.55. The van der Waals surface area contributed by atoms with Gasteiger partial charge in [0, 0.05) is 31.5 Å². The van der Waals surface area contributed by atoms with Crippen molar-refractivity contribution in [2.75, 3.05) is 14.1 Å². The van der Waals surface area contributed by atoms with Gasteiger partial charge in [0.15, 0.2) is 11.7 Å². The van der Waals surface area contributed by atoms with Gasteiger partial charge >= 0.3 is 0 Å². The Balaban J connectivity index is 1.51. The van der Waals surface area contributed by atoms with Crippen molar-refractivity contribution in [3.63, 3.8) is 0 Å². The predicted molar refractivity (Wildman–Crippen MR) is 106 cm³/mol. The average molecular weight is 381 g/mol. The number of amides is 1. The number of rotatable bonds is 8. The van der Waals surface area contributed by atoms with E-state index in [-0.39, 0.29) is 11.7 Å². The first kappa shape index (κ1) is 19.8. The zero-order chi connectivity index (χ0) is 19.9. The minimum atomic E-state index is -0.299. The van der Waals surface area contributed by atoms with E-state index in [0.717, 1.165) is 17.7 Å². The molecule has 1 aromatic heterocycles. The van der Waals surface area contributed by atoms with Crippen LogP contribution in [0.4, 0.5) is 4.39 Å². The minimum Gasteiger partial charge on any atom is -0.441 e. The summed E-state index contributed by atoms with van der Waals surface area (Å²) in [6.45, 7) is 1.32. The molecule has 0 aliphatic carbocycles. The number of nitrogens with zero attached hydrogens (tertiary/aromatic N) is 2. The van der Waals surface area contributed by atoms with Crippen molar-refractivity contribution >= 4 is 5.91 Å². The minimum absolute atomic E-state index is 0.0545. The molecule has 3 rings (SSSR count). The van der Waals surface area contributed by atoms with Gasteiger partial charge in [0.25, 0.3) is 0 Å². The molecule has 0 saturated heterocycles. The van der Waals surface area contributed by atoms with Crippen LogP contribution in [0, 0.1) is 5.82 Å². The fourth-order valence-electron chi connectivity index (χ4n) is 2.90. The maximum absolute atomic E-state index is 13.0. The number of nitrogens with one attached hydrogen (secondary N) is 1. The highest BCUT2D eigenvalue weighted by Crippen LogP contribution is 2.21. The van der Waals surface area contributed by atoms with Crippen LogP contribution in [0.1, 0.15) is 23.4 Å². The smallest absolute Gasteiger partial charge is 0.220 e. The molecule has 3 aromatic rings. The van der Waals surface area contributed by atoms with Crippen LogP contribution in [0.5, 0.6) is 0 Å². The van der Waals surface area contributed by atoms with Crippen molar-refractivity contribution in [2.24, 2.45) is 0 Å². The molecule has 2 aromatic carbocycles. The molecule has 0 bridgehead atoms.